The van der Waals surface area contributed by atoms with Crippen LogP contribution in [0.25, 0.3) is 0 Å². The molecule has 1 aliphatic carbocycles. The normalized spacial score (nSPS) is 28.6. The molecule has 0 aromatic rings. The quantitative estimate of drug-likeness (QED) is 0.749. The van der Waals surface area contributed by atoms with Gasteiger partial charge in [-0.05, 0) is 39.2 Å². The van der Waals surface area contributed by atoms with E-state index < -0.39 is 11.5 Å². The minimum absolute atomic E-state index is 0.327. The Morgan fingerprint density at radius 1 is 1.53 bits per heavy atom. The van der Waals surface area contributed by atoms with Crippen molar-refractivity contribution in [1.82, 2.24) is 5.32 Å². The average molecular weight is 243 g/mol. The van der Waals surface area contributed by atoms with Crippen molar-refractivity contribution in [1.29, 1.82) is 0 Å². The number of aliphatic carboxylic acids is 1. The summed E-state index contributed by atoms with van der Waals surface area (Å²) in [6, 6.07) is 0. The van der Waals surface area contributed by atoms with Crippen LogP contribution >= 0.6 is 0 Å². The summed E-state index contributed by atoms with van der Waals surface area (Å²) in [5.74, 6) is -0.0791. The average Bonchev–Trinajstić information content (AvgIpc) is 2.28. The number of carbonyl (C=O) groups is 1. The zero-order chi connectivity index (χ0) is 12.9. The smallest absolute Gasteiger partial charge is 0.323 e. The molecule has 0 saturated heterocycles. The molecule has 1 fully saturated rings. The van der Waals surface area contributed by atoms with Crippen molar-refractivity contribution >= 4 is 5.97 Å². The van der Waals surface area contributed by atoms with Gasteiger partial charge in [-0.15, -0.1) is 0 Å². The molecule has 0 heterocycles. The highest BCUT2D eigenvalue weighted by atomic mass is 16.5. The van der Waals surface area contributed by atoms with Gasteiger partial charge < -0.3 is 15.2 Å². The van der Waals surface area contributed by atoms with Gasteiger partial charge in [0.25, 0.3) is 0 Å². The number of carboxylic acid groups (broad SMARTS) is 1. The second-order valence-corrected chi connectivity index (χ2v) is 5.40. The predicted octanol–water partition coefficient (Wildman–Crippen LogP) is 2.03. The second kappa shape index (κ2) is 6.36. The summed E-state index contributed by atoms with van der Waals surface area (Å²) in [6.07, 6.45) is 5.59. The third-order valence-corrected chi connectivity index (χ3v) is 3.87. The van der Waals surface area contributed by atoms with Crippen molar-refractivity contribution in [3.63, 3.8) is 0 Å². The van der Waals surface area contributed by atoms with Gasteiger partial charge in [0.15, 0.2) is 0 Å². The zero-order valence-corrected chi connectivity index (χ0v) is 11.2. The van der Waals surface area contributed by atoms with E-state index in [1.807, 2.05) is 0 Å². The maximum atomic E-state index is 11.1. The van der Waals surface area contributed by atoms with Crippen LogP contribution in [0.15, 0.2) is 0 Å². The van der Waals surface area contributed by atoms with Crippen LogP contribution in [0.4, 0.5) is 0 Å². The van der Waals surface area contributed by atoms with Crippen molar-refractivity contribution in [3.8, 4) is 0 Å². The Hall–Kier alpha value is -0.610. The molecule has 17 heavy (non-hydrogen) atoms. The maximum Gasteiger partial charge on any atom is 0.323 e. The summed E-state index contributed by atoms with van der Waals surface area (Å²) in [5.41, 5.74) is -0.875. The van der Waals surface area contributed by atoms with E-state index in [1.165, 1.54) is 12.8 Å². The molecule has 0 aromatic heterocycles. The topological polar surface area (TPSA) is 58.6 Å². The second-order valence-electron chi connectivity index (χ2n) is 5.40. The first kappa shape index (κ1) is 14.5. The van der Waals surface area contributed by atoms with E-state index >= 15 is 0 Å². The van der Waals surface area contributed by atoms with E-state index in [-0.39, 0.29) is 0 Å². The molecule has 1 rings (SSSR count). The SMILES string of the molecule is CNC(C)(CCOC1CCCC(C)C1)C(=O)O. The van der Waals surface area contributed by atoms with Crippen molar-refractivity contribution in [2.75, 3.05) is 13.7 Å². The molecule has 0 aromatic carbocycles. The van der Waals surface area contributed by atoms with Gasteiger partial charge in [0, 0.05) is 6.61 Å². The van der Waals surface area contributed by atoms with E-state index in [0.29, 0.717) is 19.1 Å². The third kappa shape index (κ3) is 4.28. The monoisotopic (exact) mass is 243 g/mol. The molecule has 1 aliphatic rings. The lowest BCUT2D eigenvalue weighted by molar-refractivity contribution is -0.145. The highest BCUT2D eigenvalue weighted by Gasteiger charge is 2.31. The van der Waals surface area contributed by atoms with E-state index in [1.54, 1.807) is 14.0 Å². The lowest BCUT2D eigenvalue weighted by Gasteiger charge is -2.29. The lowest BCUT2D eigenvalue weighted by atomic mass is 9.88. The molecule has 0 bridgehead atoms. The number of carboxylic acids is 1. The van der Waals surface area contributed by atoms with E-state index in [4.69, 9.17) is 9.84 Å². The number of rotatable bonds is 6. The molecule has 1 saturated carbocycles. The van der Waals surface area contributed by atoms with Gasteiger partial charge in [0.2, 0.25) is 0 Å². The van der Waals surface area contributed by atoms with Crippen LogP contribution in [0.5, 0.6) is 0 Å². The Labute approximate surface area is 104 Å². The molecule has 0 amide bonds. The fourth-order valence-corrected chi connectivity index (χ4v) is 2.30. The van der Waals surface area contributed by atoms with E-state index in [0.717, 1.165) is 18.8 Å². The minimum atomic E-state index is -0.875. The van der Waals surface area contributed by atoms with Gasteiger partial charge in [0.1, 0.15) is 5.54 Å². The standard InChI is InChI=1S/C13H25NO3/c1-10-5-4-6-11(9-10)17-8-7-13(2,14-3)12(15)16/h10-11,14H,4-9H2,1-3H3,(H,15,16). The summed E-state index contributed by atoms with van der Waals surface area (Å²) >= 11 is 0. The van der Waals surface area contributed by atoms with Gasteiger partial charge >= 0.3 is 5.97 Å². The Morgan fingerprint density at radius 3 is 2.76 bits per heavy atom. The van der Waals surface area contributed by atoms with Gasteiger partial charge in [-0.3, -0.25) is 4.79 Å². The fraction of sp³-hybridized carbons (Fsp3) is 0.923. The van der Waals surface area contributed by atoms with Crippen LogP contribution in [0.1, 0.15) is 46.0 Å². The Bertz CT molecular complexity index is 257. The van der Waals surface area contributed by atoms with Crippen LogP contribution in [0.3, 0.4) is 0 Å². The Kier molecular flexibility index (Phi) is 5.40. The third-order valence-electron chi connectivity index (χ3n) is 3.87. The first-order valence-electron chi connectivity index (χ1n) is 6.52. The molecule has 0 spiro atoms. The first-order valence-corrected chi connectivity index (χ1v) is 6.52. The minimum Gasteiger partial charge on any atom is -0.480 e. The lowest BCUT2D eigenvalue weighted by Crippen LogP contribution is -2.48. The molecular formula is C13H25NO3. The fourth-order valence-electron chi connectivity index (χ4n) is 2.30. The number of hydrogen-bond donors (Lipinski definition) is 2. The zero-order valence-electron chi connectivity index (χ0n) is 11.2. The van der Waals surface area contributed by atoms with Crippen LogP contribution in [0, 0.1) is 5.92 Å². The molecule has 4 nitrogen and oxygen atoms in total. The number of ether oxygens (including phenoxy) is 1. The van der Waals surface area contributed by atoms with Gasteiger partial charge in [-0.2, -0.15) is 0 Å². The van der Waals surface area contributed by atoms with Gasteiger partial charge in [-0.1, -0.05) is 19.8 Å². The molecular weight excluding hydrogens is 218 g/mol. The highest BCUT2D eigenvalue weighted by Crippen LogP contribution is 2.26. The predicted molar refractivity (Wildman–Crippen MR) is 67.1 cm³/mol. The van der Waals surface area contributed by atoms with Gasteiger partial charge in [0.05, 0.1) is 6.10 Å². The van der Waals surface area contributed by atoms with Crippen LogP contribution in [-0.2, 0) is 9.53 Å². The molecule has 4 heteroatoms. The Morgan fingerprint density at radius 2 is 2.24 bits per heavy atom. The largest absolute Gasteiger partial charge is 0.480 e. The summed E-state index contributed by atoms with van der Waals surface area (Å²) in [7, 11) is 1.68. The molecule has 0 radical (unpaired) electrons. The molecule has 0 aliphatic heterocycles. The Balaban J connectivity index is 2.29. The van der Waals surface area contributed by atoms with Crippen LogP contribution in [-0.4, -0.2) is 36.4 Å². The maximum absolute atomic E-state index is 11.1. The van der Waals surface area contributed by atoms with E-state index in [9.17, 15) is 4.79 Å². The van der Waals surface area contributed by atoms with Crippen LogP contribution < -0.4 is 5.32 Å². The van der Waals surface area contributed by atoms with Crippen molar-refractivity contribution in [3.05, 3.63) is 0 Å². The molecule has 3 atom stereocenters. The number of hydrogen-bond acceptors (Lipinski definition) is 3. The molecule has 100 valence electrons. The summed E-state index contributed by atoms with van der Waals surface area (Å²) < 4.78 is 5.80. The van der Waals surface area contributed by atoms with Gasteiger partial charge in [-0.25, -0.2) is 0 Å². The van der Waals surface area contributed by atoms with Crippen LogP contribution in [0.2, 0.25) is 0 Å². The number of likely N-dealkylation sites (N-methyl/N-ethyl adjacent to an activating group) is 1. The summed E-state index contributed by atoms with van der Waals surface area (Å²) in [4.78, 5) is 11.1. The summed E-state index contributed by atoms with van der Waals surface area (Å²) in [5, 5.41) is 11.9. The molecule has 2 N–H and O–H groups in total. The molecule has 3 unspecified atom stereocenters. The highest BCUT2D eigenvalue weighted by molar-refractivity contribution is 5.78. The number of nitrogens with one attached hydrogen (secondary N) is 1. The van der Waals surface area contributed by atoms with E-state index in [2.05, 4.69) is 12.2 Å². The first-order chi connectivity index (χ1) is 7.98. The van der Waals surface area contributed by atoms with Crippen molar-refractivity contribution < 1.29 is 14.6 Å². The van der Waals surface area contributed by atoms with Crippen molar-refractivity contribution in [2.24, 2.45) is 5.92 Å². The summed E-state index contributed by atoms with van der Waals surface area (Å²) in [6.45, 7) is 4.47. The van der Waals surface area contributed by atoms with Crippen molar-refractivity contribution in [2.45, 2.75) is 57.6 Å².